The Balaban J connectivity index is 2.19. The lowest BCUT2D eigenvalue weighted by atomic mass is 10.1. The molecule has 1 heterocycles. The molecule has 3 rings (SSSR count). The summed E-state index contributed by atoms with van der Waals surface area (Å²) in [6, 6.07) is 8.97. The number of hydrogen-bond acceptors (Lipinski definition) is 3. The summed E-state index contributed by atoms with van der Waals surface area (Å²) in [4.78, 5) is 11.0. The van der Waals surface area contributed by atoms with E-state index in [1.54, 1.807) is 6.07 Å². The van der Waals surface area contributed by atoms with Crippen molar-refractivity contribution in [3.8, 4) is 11.8 Å². The highest BCUT2D eigenvalue weighted by atomic mass is 35.5. The maximum atomic E-state index is 11.0. The van der Waals surface area contributed by atoms with Gasteiger partial charge in [-0.2, -0.15) is 5.26 Å². The minimum atomic E-state index is -0.0942. The number of aryl methyl sites for hydroxylation is 2. The molecule has 24 heavy (non-hydrogen) atoms. The molecule has 0 amide bonds. The lowest BCUT2D eigenvalue weighted by molar-refractivity contribution is 0.112. The van der Waals surface area contributed by atoms with Crippen LogP contribution in [0.15, 0.2) is 30.5 Å². The fraction of sp³-hybridized carbons (Fsp3) is 0.158. The van der Waals surface area contributed by atoms with Gasteiger partial charge in [-0.25, -0.2) is 0 Å². The predicted octanol–water partition coefficient (Wildman–Crippen LogP) is 4.35. The highest BCUT2D eigenvalue weighted by Crippen LogP contribution is 2.32. The molecule has 4 nitrogen and oxygen atoms in total. The van der Waals surface area contributed by atoms with Crippen LogP contribution in [0, 0.1) is 25.2 Å². The number of benzene rings is 2. The van der Waals surface area contributed by atoms with E-state index in [0.717, 1.165) is 22.0 Å². The summed E-state index contributed by atoms with van der Waals surface area (Å²) < 4.78 is 1.98. The molecule has 0 unspecified atom stereocenters. The van der Waals surface area contributed by atoms with Crippen molar-refractivity contribution in [3.63, 3.8) is 0 Å². The Morgan fingerprint density at radius 1 is 1.29 bits per heavy atom. The van der Waals surface area contributed by atoms with Crippen molar-refractivity contribution in [2.24, 2.45) is 0 Å². The maximum absolute atomic E-state index is 11.0. The first-order valence-electron chi connectivity index (χ1n) is 7.42. The van der Waals surface area contributed by atoms with E-state index in [1.807, 2.05) is 36.7 Å². The van der Waals surface area contributed by atoms with Crippen LogP contribution in [0.3, 0.4) is 0 Å². The second kappa shape index (κ2) is 6.03. The third kappa shape index (κ3) is 2.53. The van der Waals surface area contributed by atoms with Crippen molar-refractivity contribution >= 4 is 28.8 Å². The van der Waals surface area contributed by atoms with Crippen LogP contribution in [-0.4, -0.2) is 16.0 Å². The summed E-state index contributed by atoms with van der Waals surface area (Å²) >= 11 is 6.22. The molecule has 0 radical (unpaired) electrons. The van der Waals surface area contributed by atoms with Gasteiger partial charge < -0.3 is 9.67 Å². The van der Waals surface area contributed by atoms with Gasteiger partial charge in [-0.15, -0.1) is 0 Å². The number of carbonyl (C=O) groups excluding carboxylic acids is 1. The van der Waals surface area contributed by atoms with Gasteiger partial charge in [-0.1, -0.05) is 11.6 Å². The van der Waals surface area contributed by atoms with Crippen LogP contribution in [0.25, 0.3) is 10.9 Å². The van der Waals surface area contributed by atoms with Crippen LogP contribution in [-0.2, 0) is 6.54 Å². The van der Waals surface area contributed by atoms with E-state index < -0.39 is 0 Å². The van der Waals surface area contributed by atoms with Crippen molar-refractivity contribution < 1.29 is 9.90 Å². The number of nitriles is 1. The van der Waals surface area contributed by atoms with Gasteiger partial charge in [0.25, 0.3) is 0 Å². The van der Waals surface area contributed by atoms with Gasteiger partial charge in [0.1, 0.15) is 5.75 Å². The lowest BCUT2D eigenvalue weighted by Gasteiger charge is -2.12. The fourth-order valence-electron chi connectivity index (χ4n) is 3.06. The summed E-state index contributed by atoms with van der Waals surface area (Å²) in [5.41, 5.74) is 4.32. The van der Waals surface area contributed by atoms with Gasteiger partial charge in [0.2, 0.25) is 0 Å². The Hall–Kier alpha value is -2.77. The zero-order valence-corrected chi connectivity index (χ0v) is 14.1. The van der Waals surface area contributed by atoms with E-state index in [2.05, 4.69) is 6.07 Å². The largest absolute Gasteiger partial charge is 0.507 e. The second-order valence-electron chi connectivity index (χ2n) is 5.82. The van der Waals surface area contributed by atoms with E-state index in [1.165, 1.54) is 6.07 Å². The Kier molecular flexibility index (Phi) is 4.04. The molecule has 0 fully saturated rings. The molecule has 0 bridgehead atoms. The quantitative estimate of drug-likeness (QED) is 0.722. The highest BCUT2D eigenvalue weighted by molar-refractivity contribution is 6.31. The number of phenols is 1. The zero-order valence-electron chi connectivity index (χ0n) is 13.3. The molecule has 0 spiro atoms. The van der Waals surface area contributed by atoms with E-state index in [-0.39, 0.29) is 11.3 Å². The molecule has 0 aliphatic heterocycles. The van der Waals surface area contributed by atoms with Gasteiger partial charge in [0.15, 0.2) is 6.29 Å². The van der Waals surface area contributed by atoms with Gasteiger partial charge in [0, 0.05) is 22.2 Å². The third-order valence-electron chi connectivity index (χ3n) is 4.20. The lowest BCUT2D eigenvalue weighted by Crippen LogP contribution is -2.02. The number of aromatic hydroxyl groups is 1. The van der Waals surface area contributed by atoms with Crippen molar-refractivity contribution in [1.29, 1.82) is 5.26 Å². The topological polar surface area (TPSA) is 66.0 Å². The molecule has 0 aliphatic carbocycles. The van der Waals surface area contributed by atoms with Gasteiger partial charge in [-0.3, -0.25) is 4.79 Å². The summed E-state index contributed by atoms with van der Waals surface area (Å²) in [7, 11) is 0. The first-order chi connectivity index (χ1) is 11.5. The summed E-state index contributed by atoms with van der Waals surface area (Å²) in [6.07, 6.45) is 2.57. The van der Waals surface area contributed by atoms with Crippen molar-refractivity contribution in [3.05, 3.63) is 63.3 Å². The number of nitrogens with zero attached hydrogens (tertiary/aromatic N) is 2. The maximum Gasteiger partial charge on any atom is 0.153 e. The van der Waals surface area contributed by atoms with Crippen molar-refractivity contribution in [2.75, 3.05) is 0 Å². The number of phenolic OH excluding ortho intramolecular Hbond substituents is 1. The molecule has 120 valence electrons. The van der Waals surface area contributed by atoms with Crippen LogP contribution in [0.1, 0.15) is 32.6 Å². The number of carbonyl (C=O) groups is 1. The van der Waals surface area contributed by atoms with E-state index in [4.69, 9.17) is 16.9 Å². The van der Waals surface area contributed by atoms with E-state index >= 15 is 0 Å². The summed E-state index contributed by atoms with van der Waals surface area (Å²) in [5, 5.41) is 20.8. The van der Waals surface area contributed by atoms with Crippen LogP contribution in [0.2, 0.25) is 5.02 Å². The zero-order chi connectivity index (χ0) is 17.4. The smallest absolute Gasteiger partial charge is 0.153 e. The number of hydrogen-bond donors (Lipinski definition) is 1. The third-order valence-corrected chi connectivity index (χ3v) is 4.56. The van der Waals surface area contributed by atoms with Crippen molar-refractivity contribution in [2.45, 2.75) is 20.4 Å². The van der Waals surface area contributed by atoms with Crippen molar-refractivity contribution in [1.82, 2.24) is 4.57 Å². The van der Waals surface area contributed by atoms with Crippen LogP contribution >= 0.6 is 11.6 Å². The summed E-state index contributed by atoms with van der Waals surface area (Å²) in [6.45, 7) is 4.26. The number of aldehydes is 1. The van der Waals surface area contributed by atoms with Crippen LogP contribution in [0.5, 0.6) is 5.75 Å². The average molecular weight is 339 g/mol. The molecule has 5 heteroatoms. The van der Waals surface area contributed by atoms with E-state index in [9.17, 15) is 9.90 Å². The molecule has 0 atom stereocenters. The minimum absolute atomic E-state index is 0.0942. The van der Waals surface area contributed by atoms with Crippen LogP contribution in [0.4, 0.5) is 0 Å². The Bertz CT molecular complexity index is 1010. The SMILES string of the molecule is Cc1cn(Cc2c(Cl)ccc(C=O)c2O)c2c(C)cc(C#N)cc12. The molecular formula is C19H15ClN2O2. The highest BCUT2D eigenvalue weighted by Gasteiger charge is 2.15. The molecule has 2 aromatic carbocycles. The molecule has 0 aliphatic rings. The van der Waals surface area contributed by atoms with Crippen LogP contribution < -0.4 is 0 Å². The monoisotopic (exact) mass is 338 g/mol. The summed E-state index contributed by atoms with van der Waals surface area (Å²) in [5.74, 6) is -0.0942. The van der Waals surface area contributed by atoms with E-state index in [0.29, 0.717) is 29.0 Å². The number of fused-ring (bicyclic) bond motifs is 1. The van der Waals surface area contributed by atoms with Gasteiger partial charge in [-0.05, 0) is 49.2 Å². The first kappa shape index (κ1) is 16.1. The minimum Gasteiger partial charge on any atom is -0.507 e. The molecule has 0 saturated carbocycles. The Morgan fingerprint density at radius 2 is 2.04 bits per heavy atom. The number of aromatic nitrogens is 1. The van der Waals surface area contributed by atoms with Gasteiger partial charge >= 0.3 is 0 Å². The standard InChI is InChI=1S/C19H15ClN2O2/c1-11-5-13(7-21)6-15-12(2)8-22(18(11)15)9-16-17(20)4-3-14(10-23)19(16)24/h3-6,8,10,24H,9H2,1-2H3. The number of rotatable bonds is 3. The Labute approximate surface area is 144 Å². The second-order valence-corrected chi connectivity index (χ2v) is 6.23. The molecule has 3 aromatic rings. The molecular weight excluding hydrogens is 324 g/mol. The average Bonchev–Trinajstić information content (AvgIpc) is 2.88. The normalized spacial score (nSPS) is 10.8. The van der Waals surface area contributed by atoms with Gasteiger partial charge in [0.05, 0.1) is 29.3 Å². The fourth-order valence-corrected chi connectivity index (χ4v) is 3.28. The molecule has 1 N–H and O–H groups in total. The predicted molar refractivity (Wildman–Crippen MR) is 93.7 cm³/mol. The molecule has 1 aromatic heterocycles. The number of halogens is 1. The Morgan fingerprint density at radius 3 is 2.71 bits per heavy atom. The first-order valence-corrected chi connectivity index (χ1v) is 7.79. The molecule has 0 saturated heterocycles.